The number of carbonyl (C=O) groups is 1. The van der Waals surface area contributed by atoms with E-state index in [1.165, 1.54) is 5.56 Å². The van der Waals surface area contributed by atoms with Gasteiger partial charge in [0.25, 0.3) is 0 Å². The molecule has 0 spiro atoms. The van der Waals surface area contributed by atoms with Crippen LogP contribution >= 0.6 is 0 Å². The van der Waals surface area contributed by atoms with Crippen molar-refractivity contribution in [2.45, 2.75) is 24.8 Å². The van der Waals surface area contributed by atoms with E-state index in [2.05, 4.69) is 22.8 Å². The Morgan fingerprint density at radius 2 is 2.28 bits per heavy atom. The Morgan fingerprint density at radius 1 is 1.39 bits per heavy atom. The van der Waals surface area contributed by atoms with Gasteiger partial charge in [-0.05, 0) is 12.5 Å². The van der Waals surface area contributed by atoms with Crippen LogP contribution in [0.3, 0.4) is 0 Å². The monoisotopic (exact) mass is 246 g/mol. The molecule has 96 valence electrons. The number of rotatable bonds is 3. The highest BCUT2D eigenvalue weighted by Gasteiger charge is 2.25. The molecule has 2 N–H and O–H groups in total. The Labute approximate surface area is 107 Å². The first-order valence-electron chi connectivity index (χ1n) is 6.55. The van der Waals surface area contributed by atoms with Crippen molar-refractivity contribution in [2.24, 2.45) is 0 Å². The summed E-state index contributed by atoms with van der Waals surface area (Å²) in [5.74, 6) is 1.61. The van der Waals surface area contributed by atoms with Gasteiger partial charge in [0.05, 0.1) is 6.61 Å². The van der Waals surface area contributed by atoms with Crippen molar-refractivity contribution in [3.05, 3.63) is 29.8 Å². The predicted molar refractivity (Wildman–Crippen MR) is 68.7 cm³/mol. The Kier molecular flexibility index (Phi) is 3.19. The molecule has 2 atom stereocenters. The summed E-state index contributed by atoms with van der Waals surface area (Å²) in [6.45, 7) is 2.41. The van der Waals surface area contributed by atoms with E-state index in [1.54, 1.807) is 0 Å². The van der Waals surface area contributed by atoms with E-state index in [-0.39, 0.29) is 5.91 Å². The summed E-state index contributed by atoms with van der Waals surface area (Å²) >= 11 is 0. The lowest BCUT2D eigenvalue weighted by molar-refractivity contribution is -0.122. The Morgan fingerprint density at radius 3 is 3.11 bits per heavy atom. The molecule has 4 nitrogen and oxygen atoms in total. The van der Waals surface area contributed by atoms with E-state index in [0.717, 1.165) is 31.9 Å². The zero-order valence-corrected chi connectivity index (χ0v) is 10.3. The van der Waals surface area contributed by atoms with E-state index < -0.39 is 0 Å². The van der Waals surface area contributed by atoms with E-state index in [0.29, 0.717) is 18.4 Å². The minimum Gasteiger partial charge on any atom is -0.493 e. The molecular formula is C14H18N2O2. The SMILES string of the molecule is O=C1CCC(NCC2COc3ccccc32)CN1. The van der Waals surface area contributed by atoms with Crippen molar-refractivity contribution in [2.75, 3.05) is 19.7 Å². The molecule has 4 heteroatoms. The average molecular weight is 246 g/mol. The minimum absolute atomic E-state index is 0.169. The van der Waals surface area contributed by atoms with Crippen molar-refractivity contribution < 1.29 is 9.53 Å². The molecule has 0 aromatic heterocycles. The van der Waals surface area contributed by atoms with Crippen LogP contribution in [0.1, 0.15) is 24.3 Å². The lowest BCUT2D eigenvalue weighted by Gasteiger charge is -2.24. The predicted octanol–water partition coefficient (Wildman–Crippen LogP) is 1.03. The molecule has 0 bridgehead atoms. The van der Waals surface area contributed by atoms with Gasteiger partial charge in [-0.25, -0.2) is 0 Å². The molecule has 2 unspecified atom stereocenters. The van der Waals surface area contributed by atoms with Crippen LogP contribution in [0.15, 0.2) is 24.3 Å². The first-order chi connectivity index (χ1) is 8.83. The number of carbonyl (C=O) groups excluding carboxylic acids is 1. The molecule has 1 saturated heterocycles. The topological polar surface area (TPSA) is 50.4 Å². The van der Waals surface area contributed by atoms with Gasteiger partial charge in [0.2, 0.25) is 5.91 Å². The molecular weight excluding hydrogens is 228 g/mol. The Balaban J connectivity index is 1.54. The second-order valence-corrected chi connectivity index (χ2v) is 4.99. The van der Waals surface area contributed by atoms with Gasteiger partial charge in [-0.3, -0.25) is 4.79 Å². The summed E-state index contributed by atoms with van der Waals surface area (Å²) in [6.07, 6.45) is 1.57. The van der Waals surface area contributed by atoms with E-state index in [1.807, 2.05) is 12.1 Å². The molecule has 1 amide bonds. The van der Waals surface area contributed by atoms with Gasteiger partial charge in [-0.15, -0.1) is 0 Å². The fourth-order valence-electron chi connectivity index (χ4n) is 2.61. The molecule has 1 fully saturated rings. The summed E-state index contributed by atoms with van der Waals surface area (Å²) in [5, 5.41) is 6.42. The molecule has 2 heterocycles. The van der Waals surface area contributed by atoms with Crippen LogP contribution in [0.25, 0.3) is 0 Å². The van der Waals surface area contributed by atoms with Crippen LogP contribution in [0.2, 0.25) is 0 Å². The number of piperidine rings is 1. The smallest absolute Gasteiger partial charge is 0.220 e. The van der Waals surface area contributed by atoms with Crippen molar-refractivity contribution in [3.63, 3.8) is 0 Å². The number of hydrogen-bond acceptors (Lipinski definition) is 3. The lowest BCUT2D eigenvalue weighted by Crippen LogP contribution is -2.46. The van der Waals surface area contributed by atoms with Crippen molar-refractivity contribution >= 4 is 5.91 Å². The maximum atomic E-state index is 11.1. The van der Waals surface area contributed by atoms with Crippen molar-refractivity contribution in [3.8, 4) is 5.75 Å². The third-order valence-corrected chi connectivity index (χ3v) is 3.72. The zero-order valence-electron chi connectivity index (χ0n) is 10.3. The quantitative estimate of drug-likeness (QED) is 0.837. The normalized spacial score (nSPS) is 26.3. The maximum absolute atomic E-state index is 11.1. The van der Waals surface area contributed by atoms with E-state index >= 15 is 0 Å². The van der Waals surface area contributed by atoms with Crippen molar-refractivity contribution in [1.82, 2.24) is 10.6 Å². The third-order valence-electron chi connectivity index (χ3n) is 3.72. The number of hydrogen-bond donors (Lipinski definition) is 2. The molecule has 3 rings (SSSR count). The number of ether oxygens (including phenoxy) is 1. The second kappa shape index (κ2) is 4.98. The Hall–Kier alpha value is -1.55. The molecule has 0 saturated carbocycles. The molecule has 1 aromatic rings. The van der Waals surface area contributed by atoms with Gasteiger partial charge >= 0.3 is 0 Å². The number of nitrogens with one attached hydrogen (secondary N) is 2. The third kappa shape index (κ3) is 2.34. The summed E-state index contributed by atoms with van der Waals surface area (Å²) in [5.41, 5.74) is 1.30. The van der Waals surface area contributed by atoms with Gasteiger partial charge in [0, 0.05) is 37.0 Å². The largest absolute Gasteiger partial charge is 0.493 e. The lowest BCUT2D eigenvalue weighted by atomic mass is 10.00. The molecule has 0 radical (unpaired) electrons. The fourth-order valence-corrected chi connectivity index (χ4v) is 2.61. The van der Waals surface area contributed by atoms with Gasteiger partial charge in [0.15, 0.2) is 0 Å². The molecule has 2 aliphatic heterocycles. The molecule has 18 heavy (non-hydrogen) atoms. The van der Waals surface area contributed by atoms with Gasteiger partial charge in [-0.2, -0.15) is 0 Å². The summed E-state index contributed by atoms with van der Waals surface area (Å²) in [6, 6.07) is 8.62. The first-order valence-corrected chi connectivity index (χ1v) is 6.55. The van der Waals surface area contributed by atoms with Crippen LogP contribution in [0, 0.1) is 0 Å². The van der Waals surface area contributed by atoms with Crippen LogP contribution in [0.5, 0.6) is 5.75 Å². The average Bonchev–Trinajstić information content (AvgIpc) is 2.82. The number of amides is 1. The highest BCUT2D eigenvalue weighted by molar-refractivity contribution is 5.76. The number of benzene rings is 1. The first kappa shape index (κ1) is 11.5. The summed E-state index contributed by atoms with van der Waals surface area (Å²) in [7, 11) is 0. The minimum atomic E-state index is 0.169. The molecule has 1 aromatic carbocycles. The summed E-state index contributed by atoms with van der Waals surface area (Å²) < 4.78 is 5.66. The molecule has 2 aliphatic rings. The van der Waals surface area contributed by atoms with Crippen LogP contribution < -0.4 is 15.4 Å². The van der Waals surface area contributed by atoms with Crippen LogP contribution in [0.4, 0.5) is 0 Å². The Bertz CT molecular complexity index is 437. The maximum Gasteiger partial charge on any atom is 0.220 e. The van der Waals surface area contributed by atoms with Gasteiger partial charge in [-0.1, -0.05) is 18.2 Å². The van der Waals surface area contributed by atoms with E-state index in [4.69, 9.17) is 4.74 Å². The highest BCUT2D eigenvalue weighted by atomic mass is 16.5. The zero-order chi connectivity index (χ0) is 12.4. The van der Waals surface area contributed by atoms with Gasteiger partial charge < -0.3 is 15.4 Å². The number of para-hydroxylation sites is 1. The fraction of sp³-hybridized carbons (Fsp3) is 0.500. The van der Waals surface area contributed by atoms with Gasteiger partial charge in [0.1, 0.15) is 5.75 Å². The van der Waals surface area contributed by atoms with Crippen LogP contribution in [-0.4, -0.2) is 31.6 Å². The second-order valence-electron chi connectivity index (χ2n) is 4.99. The van der Waals surface area contributed by atoms with Crippen LogP contribution in [-0.2, 0) is 4.79 Å². The highest BCUT2D eigenvalue weighted by Crippen LogP contribution is 2.32. The number of fused-ring (bicyclic) bond motifs is 1. The van der Waals surface area contributed by atoms with Crippen molar-refractivity contribution in [1.29, 1.82) is 0 Å². The summed E-state index contributed by atoms with van der Waals surface area (Å²) in [4.78, 5) is 11.1. The standard InChI is InChI=1S/C14H18N2O2/c17-14-6-5-11(8-16-14)15-7-10-9-18-13-4-2-1-3-12(10)13/h1-4,10-11,15H,5-9H2,(H,16,17). The molecule has 0 aliphatic carbocycles. The van der Waals surface area contributed by atoms with E-state index in [9.17, 15) is 4.79 Å².